The Bertz CT molecular complexity index is 454. The average Bonchev–Trinajstić information content (AvgIpc) is 2.46. The van der Waals surface area contributed by atoms with E-state index in [0.717, 1.165) is 18.5 Å². The maximum Gasteiger partial charge on any atom is 0.318 e. The van der Waals surface area contributed by atoms with Crippen molar-refractivity contribution in [3.05, 3.63) is 30.1 Å². The molecule has 1 saturated carbocycles. The van der Waals surface area contributed by atoms with Crippen LogP contribution < -0.4 is 16.4 Å². The Balaban J connectivity index is 1.96. The van der Waals surface area contributed by atoms with Gasteiger partial charge in [-0.25, -0.2) is 9.79 Å². The highest BCUT2D eigenvalue weighted by Crippen LogP contribution is 2.17. The van der Waals surface area contributed by atoms with Crippen molar-refractivity contribution >= 4 is 12.0 Å². The zero-order valence-corrected chi connectivity index (χ0v) is 11.5. The summed E-state index contributed by atoms with van der Waals surface area (Å²) in [5.41, 5.74) is 6.03. The largest absolute Gasteiger partial charge is 0.353 e. The number of guanidine groups is 1. The molecule has 0 atom stereocenters. The normalized spacial score (nSPS) is 16.7. The molecule has 2 amide bonds. The van der Waals surface area contributed by atoms with Gasteiger partial charge in [-0.2, -0.15) is 0 Å². The van der Waals surface area contributed by atoms with Crippen molar-refractivity contribution < 1.29 is 4.79 Å². The van der Waals surface area contributed by atoms with E-state index >= 15 is 0 Å². The molecular weight excluding hydrogens is 254 g/mol. The Morgan fingerprint density at radius 3 is 2.80 bits per heavy atom. The number of hydrogen-bond acceptors (Lipinski definition) is 3. The molecule has 0 unspecified atom stereocenters. The number of carbonyl (C=O) groups excluding carboxylic acids is 1. The summed E-state index contributed by atoms with van der Waals surface area (Å²) in [5, 5.41) is 5.82. The molecule has 0 spiro atoms. The number of aliphatic imine (C=N–C) groups is 1. The third kappa shape index (κ3) is 4.87. The molecule has 0 aromatic carbocycles. The number of amides is 2. The number of pyridine rings is 1. The van der Waals surface area contributed by atoms with E-state index in [0.29, 0.717) is 18.5 Å². The van der Waals surface area contributed by atoms with Crippen molar-refractivity contribution in [2.45, 2.75) is 44.7 Å². The lowest BCUT2D eigenvalue weighted by molar-refractivity contribution is 0.252. The summed E-state index contributed by atoms with van der Waals surface area (Å²) in [7, 11) is 0. The smallest absolute Gasteiger partial charge is 0.318 e. The molecule has 2 rings (SSSR count). The van der Waals surface area contributed by atoms with Crippen molar-refractivity contribution in [3.63, 3.8) is 0 Å². The maximum absolute atomic E-state index is 11.0. The van der Waals surface area contributed by atoms with Crippen LogP contribution in [0.2, 0.25) is 0 Å². The molecule has 4 N–H and O–H groups in total. The van der Waals surface area contributed by atoms with Gasteiger partial charge >= 0.3 is 6.03 Å². The van der Waals surface area contributed by atoms with Crippen LogP contribution in [0.5, 0.6) is 0 Å². The van der Waals surface area contributed by atoms with Gasteiger partial charge in [-0.05, 0) is 25.0 Å². The Hall–Kier alpha value is -2.11. The Morgan fingerprint density at radius 1 is 1.35 bits per heavy atom. The SMILES string of the molecule is NC(=O)NC(=NCc1ccccn1)NC1CCCCC1. The van der Waals surface area contributed by atoms with E-state index in [4.69, 9.17) is 5.73 Å². The van der Waals surface area contributed by atoms with E-state index in [1.54, 1.807) is 6.20 Å². The summed E-state index contributed by atoms with van der Waals surface area (Å²) in [6.45, 7) is 0.413. The van der Waals surface area contributed by atoms with E-state index in [-0.39, 0.29) is 0 Å². The number of primary amides is 1. The van der Waals surface area contributed by atoms with Gasteiger partial charge in [-0.3, -0.25) is 10.3 Å². The molecule has 6 heteroatoms. The molecule has 20 heavy (non-hydrogen) atoms. The number of hydrogen-bond donors (Lipinski definition) is 3. The molecule has 1 aliphatic carbocycles. The summed E-state index contributed by atoms with van der Waals surface area (Å²) in [4.78, 5) is 19.6. The van der Waals surface area contributed by atoms with E-state index < -0.39 is 6.03 Å². The topological polar surface area (TPSA) is 92.4 Å². The van der Waals surface area contributed by atoms with Crippen LogP contribution in [0.15, 0.2) is 29.4 Å². The fraction of sp³-hybridized carbons (Fsp3) is 0.500. The van der Waals surface area contributed by atoms with Gasteiger partial charge in [0.15, 0.2) is 5.96 Å². The fourth-order valence-corrected chi connectivity index (χ4v) is 2.33. The molecule has 0 radical (unpaired) electrons. The summed E-state index contributed by atoms with van der Waals surface area (Å²) >= 11 is 0. The van der Waals surface area contributed by atoms with Crippen LogP contribution in [-0.2, 0) is 6.54 Å². The van der Waals surface area contributed by atoms with Crippen molar-refractivity contribution in [2.75, 3.05) is 0 Å². The molecule has 108 valence electrons. The van der Waals surface area contributed by atoms with Crippen molar-refractivity contribution in [3.8, 4) is 0 Å². The zero-order valence-electron chi connectivity index (χ0n) is 11.5. The molecule has 0 aliphatic heterocycles. The number of aromatic nitrogens is 1. The number of urea groups is 1. The minimum absolute atomic E-state index is 0.359. The second kappa shape index (κ2) is 7.47. The number of nitrogens with one attached hydrogen (secondary N) is 2. The highest BCUT2D eigenvalue weighted by Gasteiger charge is 2.15. The van der Waals surface area contributed by atoms with Gasteiger partial charge in [0.2, 0.25) is 0 Å². The average molecular weight is 275 g/mol. The van der Waals surface area contributed by atoms with E-state index in [2.05, 4.69) is 20.6 Å². The first kappa shape index (κ1) is 14.3. The van der Waals surface area contributed by atoms with Gasteiger partial charge in [0.25, 0.3) is 0 Å². The molecule has 0 saturated heterocycles. The Morgan fingerprint density at radius 2 is 2.15 bits per heavy atom. The number of nitrogens with two attached hydrogens (primary N) is 1. The third-order valence-electron chi connectivity index (χ3n) is 3.31. The van der Waals surface area contributed by atoms with Crippen LogP contribution in [0.25, 0.3) is 0 Å². The number of nitrogens with zero attached hydrogens (tertiary/aromatic N) is 2. The minimum Gasteiger partial charge on any atom is -0.353 e. The van der Waals surface area contributed by atoms with Crippen LogP contribution in [-0.4, -0.2) is 23.0 Å². The second-order valence-corrected chi connectivity index (χ2v) is 4.95. The van der Waals surface area contributed by atoms with Gasteiger partial charge in [0, 0.05) is 12.2 Å². The van der Waals surface area contributed by atoms with Crippen molar-refractivity contribution in [2.24, 2.45) is 10.7 Å². The lowest BCUT2D eigenvalue weighted by Gasteiger charge is -2.24. The second-order valence-electron chi connectivity index (χ2n) is 4.95. The van der Waals surface area contributed by atoms with Crippen LogP contribution in [0.1, 0.15) is 37.8 Å². The molecule has 1 fully saturated rings. The number of rotatable bonds is 3. The van der Waals surface area contributed by atoms with Gasteiger partial charge < -0.3 is 11.1 Å². The van der Waals surface area contributed by atoms with E-state index in [1.807, 2.05) is 18.2 Å². The summed E-state index contributed by atoms with van der Waals surface area (Å²) < 4.78 is 0. The summed E-state index contributed by atoms with van der Waals surface area (Å²) in [5.74, 6) is 0.440. The van der Waals surface area contributed by atoms with Gasteiger partial charge in [0.05, 0.1) is 12.2 Å². The molecule has 1 aliphatic rings. The minimum atomic E-state index is -0.604. The lowest BCUT2D eigenvalue weighted by atomic mass is 9.96. The van der Waals surface area contributed by atoms with Gasteiger partial charge in [-0.15, -0.1) is 0 Å². The molecular formula is C14H21N5O. The highest BCUT2D eigenvalue weighted by molar-refractivity contribution is 5.95. The first-order valence-electron chi connectivity index (χ1n) is 7.01. The van der Waals surface area contributed by atoms with Crippen LogP contribution in [0.4, 0.5) is 4.79 Å². The molecule has 1 heterocycles. The predicted octanol–water partition coefficient (Wildman–Crippen LogP) is 1.53. The fourth-order valence-electron chi connectivity index (χ4n) is 2.33. The molecule has 6 nitrogen and oxygen atoms in total. The van der Waals surface area contributed by atoms with Crippen LogP contribution in [0, 0.1) is 0 Å². The van der Waals surface area contributed by atoms with Crippen LogP contribution in [0.3, 0.4) is 0 Å². The standard InChI is InChI=1S/C14H21N5O/c15-13(20)19-14(18-11-6-2-1-3-7-11)17-10-12-8-4-5-9-16-12/h4-5,8-9,11H,1-3,6-7,10H2,(H4,15,17,18,19,20). The van der Waals surface area contributed by atoms with Gasteiger partial charge in [-0.1, -0.05) is 25.3 Å². The lowest BCUT2D eigenvalue weighted by Crippen LogP contribution is -2.48. The Kier molecular flexibility index (Phi) is 5.34. The monoisotopic (exact) mass is 275 g/mol. The summed E-state index contributed by atoms with van der Waals surface area (Å²) in [6.07, 6.45) is 7.62. The third-order valence-corrected chi connectivity index (χ3v) is 3.31. The first-order chi connectivity index (χ1) is 9.74. The zero-order chi connectivity index (χ0) is 14.2. The van der Waals surface area contributed by atoms with Crippen molar-refractivity contribution in [1.82, 2.24) is 15.6 Å². The van der Waals surface area contributed by atoms with Gasteiger partial charge in [0.1, 0.15) is 0 Å². The quantitative estimate of drug-likeness (QED) is 0.577. The van der Waals surface area contributed by atoms with Crippen molar-refractivity contribution in [1.29, 1.82) is 0 Å². The van der Waals surface area contributed by atoms with E-state index in [9.17, 15) is 4.79 Å². The molecule has 1 aromatic heterocycles. The summed E-state index contributed by atoms with van der Waals surface area (Å²) in [6, 6.07) is 5.42. The maximum atomic E-state index is 11.0. The molecule has 0 bridgehead atoms. The van der Waals surface area contributed by atoms with E-state index in [1.165, 1.54) is 19.3 Å². The first-order valence-corrected chi connectivity index (χ1v) is 7.01. The molecule has 1 aromatic rings. The van der Waals surface area contributed by atoms with Crippen LogP contribution >= 0.6 is 0 Å². The highest BCUT2D eigenvalue weighted by atomic mass is 16.2. The predicted molar refractivity (Wildman–Crippen MR) is 78.1 cm³/mol. The Labute approximate surface area is 118 Å². The number of carbonyl (C=O) groups is 1.